The first-order valence-corrected chi connectivity index (χ1v) is 19.2. The predicted molar refractivity (Wildman–Crippen MR) is 223 cm³/mol. The number of carbonyl (C=O) groups is 1. The number of aliphatic hydroxyl groups excluding tert-OH is 1. The van der Waals surface area contributed by atoms with Crippen molar-refractivity contribution < 1.29 is 30.0 Å². The number of hydrogen-bond donors (Lipinski definition) is 1. The Hall–Kier alpha value is -4.74. The summed E-state index contributed by atoms with van der Waals surface area (Å²) >= 11 is 1.76. The molecule has 4 nitrogen and oxygen atoms in total. The molecule has 6 heteroatoms. The minimum absolute atomic E-state index is 0. The van der Waals surface area contributed by atoms with Crippen molar-refractivity contribution in [1.82, 2.24) is 9.97 Å². The SMILES string of the molecule is CCC(CC)C(=O)/C=C(\O)C(CC)CC.[Ir].[c-]1ccc2cc1c1ncnc3c4ccc(cc4sc13)c1ccccc1c1cccc(c1)c1cccc2c1. The molecule has 0 fully saturated rings. The van der Waals surface area contributed by atoms with Crippen LogP contribution in [0.15, 0.2) is 127 Å². The molecule has 0 aliphatic heterocycles. The smallest absolute Gasteiger partial charge is 0.162 e. The fourth-order valence-corrected chi connectivity index (χ4v) is 8.43. The zero-order valence-electron chi connectivity index (χ0n) is 30.5. The van der Waals surface area contributed by atoms with Crippen LogP contribution in [0.2, 0.25) is 0 Å². The van der Waals surface area contributed by atoms with E-state index in [-0.39, 0.29) is 43.5 Å². The number of hydrogen-bond acceptors (Lipinski definition) is 5. The topological polar surface area (TPSA) is 63.1 Å². The van der Waals surface area contributed by atoms with Gasteiger partial charge in [0.05, 0.1) is 11.3 Å². The van der Waals surface area contributed by atoms with Crippen molar-refractivity contribution in [2.45, 2.75) is 53.4 Å². The van der Waals surface area contributed by atoms with Gasteiger partial charge in [0, 0.05) is 58.3 Å². The monoisotopic (exact) mass is 892 g/mol. The van der Waals surface area contributed by atoms with E-state index in [4.69, 9.17) is 9.97 Å². The standard InChI is InChI=1S/C34H19N2S.C13H24O2.Ir/c1-2-13-29-26-14-15-30-31(19-26)37-34-32(35-20-36-33(30)34)27-11-5-9-24(18-27)22-7-3-6-21(16-22)23-8-4-10-25(17-23)28(29)12-1;1-5-10(6-2)12(14)9-13(15)11(7-3)8-4;/h1-10,12-20H;9-11,14H,5-8H2,1-4H3;/q-1;;/b;12-9-;. The number of aliphatic hydroxyl groups is 1. The van der Waals surface area contributed by atoms with Gasteiger partial charge in [0.25, 0.3) is 0 Å². The van der Waals surface area contributed by atoms with Crippen molar-refractivity contribution in [3.05, 3.63) is 133 Å². The molecule has 9 bridgehead atoms. The molecule has 8 rings (SSSR count). The third-order valence-corrected chi connectivity index (χ3v) is 11.5. The van der Waals surface area contributed by atoms with Gasteiger partial charge >= 0.3 is 0 Å². The first-order chi connectivity index (χ1) is 25.4. The molecule has 3 heterocycles. The number of ketones is 1. The van der Waals surface area contributed by atoms with Crippen LogP contribution < -0.4 is 0 Å². The quantitative estimate of drug-likeness (QED) is 0.0984. The Morgan fingerprint density at radius 2 is 1.23 bits per heavy atom. The summed E-state index contributed by atoms with van der Waals surface area (Å²) in [6.45, 7) is 8.07. The van der Waals surface area contributed by atoms with Gasteiger partial charge in [-0.25, -0.2) is 4.98 Å². The summed E-state index contributed by atoms with van der Waals surface area (Å²) in [7, 11) is 0. The number of nitrogens with zero attached hydrogens (tertiary/aromatic N) is 2. The van der Waals surface area contributed by atoms with Crippen LogP contribution in [-0.2, 0) is 24.9 Å². The van der Waals surface area contributed by atoms with Crippen LogP contribution in [0.1, 0.15) is 53.4 Å². The molecule has 0 atom stereocenters. The average Bonchev–Trinajstić information content (AvgIpc) is 3.57. The number of fused-ring (bicyclic) bond motifs is 14. The average molecular weight is 892 g/mol. The van der Waals surface area contributed by atoms with E-state index in [0.29, 0.717) is 0 Å². The van der Waals surface area contributed by atoms with Crippen molar-refractivity contribution in [3.8, 4) is 0 Å². The van der Waals surface area contributed by atoms with Crippen molar-refractivity contribution in [2.24, 2.45) is 11.8 Å². The molecule has 0 unspecified atom stereocenters. The normalized spacial score (nSPS) is 11.8. The Labute approximate surface area is 328 Å². The van der Waals surface area contributed by atoms with Gasteiger partial charge in [-0.3, -0.25) is 9.78 Å². The van der Waals surface area contributed by atoms with Gasteiger partial charge in [0.2, 0.25) is 0 Å². The Morgan fingerprint density at radius 3 is 1.87 bits per heavy atom. The zero-order valence-corrected chi connectivity index (χ0v) is 33.7. The Morgan fingerprint density at radius 1 is 0.660 bits per heavy atom. The number of aromatic nitrogens is 2. The Balaban J connectivity index is 0.000000258. The molecule has 0 aliphatic carbocycles. The van der Waals surface area contributed by atoms with Gasteiger partial charge in [0.1, 0.15) is 6.33 Å². The van der Waals surface area contributed by atoms with Crippen LogP contribution >= 0.6 is 11.3 Å². The third-order valence-electron chi connectivity index (χ3n) is 10.3. The zero-order chi connectivity index (χ0) is 36.2. The summed E-state index contributed by atoms with van der Waals surface area (Å²) < 4.78 is 2.31. The van der Waals surface area contributed by atoms with Crippen molar-refractivity contribution in [2.75, 3.05) is 0 Å². The summed E-state index contributed by atoms with van der Waals surface area (Å²) in [6, 6.07) is 42.8. The molecule has 0 saturated carbocycles. The first-order valence-electron chi connectivity index (χ1n) is 18.4. The Kier molecular flexibility index (Phi) is 12.1. The summed E-state index contributed by atoms with van der Waals surface area (Å²) in [6.07, 6.45) is 6.59. The van der Waals surface area contributed by atoms with Crippen LogP contribution in [-0.4, -0.2) is 20.9 Å². The van der Waals surface area contributed by atoms with Crippen LogP contribution in [0.5, 0.6) is 0 Å². The van der Waals surface area contributed by atoms with E-state index in [0.717, 1.165) is 57.6 Å². The summed E-state index contributed by atoms with van der Waals surface area (Å²) in [4.78, 5) is 21.1. The molecule has 1 N–H and O–H groups in total. The summed E-state index contributed by atoms with van der Waals surface area (Å²) in [5.41, 5.74) is 1.93. The van der Waals surface area contributed by atoms with Gasteiger partial charge in [-0.1, -0.05) is 100 Å². The number of carbonyl (C=O) groups excluding carboxylic acids is 1. The molecule has 0 aliphatic rings. The van der Waals surface area contributed by atoms with E-state index in [1.807, 2.05) is 33.8 Å². The Bertz CT molecular complexity index is 2660. The maximum atomic E-state index is 11.7. The second-order valence-electron chi connectivity index (χ2n) is 13.4. The van der Waals surface area contributed by atoms with Gasteiger partial charge < -0.3 is 5.11 Å². The van der Waals surface area contributed by atoms with Crippen molar-refractivity contribution >= 4 is 91.4 Å². The molecule has 0 spiro atoms. The molecule has 5 aromatic carbocycles. The molecule has 53 heavy (non-hydrogen) atoms. The van der Waals surface area contributed by atoms with Crippen molar-refractivity contribution in [1.29, 1.82) is 0 Å². The van der Waals surface area contributed by atoms with Crippen LogP contribution in [0.3, 0.4) is 0 Å². The molecule has 3 aromatic heterocycles. The van der Waals surface area contributed by atoms with Gasteiger partial charge in [-0.2, -0.15) is 0 Å². The van der Waals surface area contributed by atoms with E-state index < -0.39 is 0 Å². The van der Waals surface area contributed by atoms with E-state index in [9.17, 15) is 9.90 Å². The minimum atomic E-state index is 0. The maximum Gasteiger partial charge on any atom is 0.162 e. The molecule has 0 amide bonds. The molecular formula is C47H43IrN2O2S-. The fraction of sp³-hybridized carbons (Fsp3) is 0.213. The largest absolute Gasteiger partial charge is 0.512 e. The third kappa shape index (κ3) is 7.82. The van der Waals surface area contributed by atoms with Crippen LogP contribution in [0.25, 0.3) is 74.3 Å². The molecule has 8 aromatic rings. The van der Waals surface area contributed by atoms with Crippen molar-refractivity contribution in [3.63, 3.8) is 0 Å². The molecular weight excluding hydrogens is 849 g/mol. The summed E-state index contributed by atoms with van der Waals surface area (Å²) in [5, 5.41) is 21.5. The molecule has 0 saturated heterocycles. The van der Waals surface area contributed by atoms with E-state index in [2.05, 4.69) is 109 Å². The fourth-order valence-electron chi connectivity index (χ4n) is 7.23. The predicted octanol–water partition coefficient (Wildman–Crippen LogP) is 13.4. The van der Waals surface area contributed by atoms with Crippen LogP contribution in [0.4, 0.5) is 0 Å². The molecule has 1 radical (unpaired) electrons. The van der Waals surface area contributed by atoms with Gasteiger partial charge in [-0.05, 0) is 81.6 Å². The number of benzene rings is 5. The van der Waals surface area contributed by atoms with Gasteiger partial charge in [-0.15, -0.1) is 46.4 Å². The summed E-state index contributed by atoms with van der Waals surface area (Å²) in [5.74, 6) is 0.547. The van der Waals surface area contributed by atoms with Gasteiger partial charge in [0.15, 0.2) is 5.78 Å². The number of allylic oxidation sites excluding steroid dienone is 2. The first kappa shape index (κ1) is 38.0. The van der Waals surface area contributed by atoms with Crippen LogP contribution in [0, 0.1) is 17.9 Å². The number of rotatable bonds is 7. The maximum absolute atomic E-state index is 11.7. The van der Waals surface area contributed by atoms with E-state index in [1.54, 1.807) is 17.7 Å². The number of thiophene rings is 1. The van der Waals surface area contributed by atoms with E-state index >= 15 is 0 Å². The minimum Gasteiger partial charge on any atom is -0.512 e. The second kappa shape index (κ2) is 16.9. The molecule has 269 valence electrons. The van der Waals surface area contributed by atoms with E-state index in [1.165, 1.54) is 48.5 Å². The second-order valence-corrected chi connectivity index (χ2v) is 14.5.